The van der Waals surface area contributed by atoms with Crippen molar-refractivity contribution in [2.75, 3.05) is 6.54 Å². The van der Waals surface area contributed by atoms with Crippen molar-refractivity contribution in [3.05, 3.63) is 71.3 Å². The normalized spacial score (nSPS) is 22.0. The van der Waals surface area contributed by atoms with Crippen LogP contribution in [-0.2, 0) is 19.6 Å². The van der Waals surface area contributed by atoms with Gasteiger partial charge in [0.05, 0.1) is 11.8 Å². The summed E-state index contributed by atoms with van der Waals surface area (Å²) in [6, 6.07) is 8.54. The summed E-state index contributed by atoms with van der Waals surface area (Å²) in [5, 5.41) is 4.27. The molecule has 5 rings (SSSR count). The number of aryl methyl sites for hydroxylation is 3. The molecule has 2 aliphatic rings. The highest BCUT2D eigenvalue weighted by Gasteiger charge is 2.46. The highest BCUT2D eigenvalue weighted by molar-refractivity contribution is 6.01. The van der Waals surface area contributed by atoms with E-state index in [1.165, 1.54) is 6.07 Å². The topological polar surface area (TPSA) is 51.0 Å². The van der Waals surface area contributed by atoms with Gasteiger partial charge in [0.2, 0.25) is 0 Å². The van der Waals surface area contributed by atoms with Crippen LogP contribution < -0.4 is 0 Å². The lowest BCUT2D eigenvalue weighted by atomic mass is 9.90. The number of rotatable bonds is 5. The van der Waals surface area contributed by atoms with E-state index >= 15 is 0 Å². The number of pyridine rings is 1. The van der Waals surface area contributed by atoms with Gasteiger partial charge in [-0.2, -0.15) is 18.3 Å². The number of hydrogen-bond acceptors (Lipinski definition) is 3. The predicted octanol–water partition coefficient (Wildman–Crippen LogP) is 5.68. The van der Waals surface area contributed by atoms with Crippen LogP contribution in [0.3, 0.4) is 0 Å². The molecule has 3 heterocycles. The molecule has 0 bridgehead atoms. The molecule has 8 heteroatoms. The van der Waals surface area contributed by atoms with Gasteiger partial charge in [0.15, 0.2) is 0 Å². The molecule has 1 aliphatic carbocycles. The fourth-order valence-electron chi connectivity index (χ4n) is 5.86. The highest BCUT2D eigenvalue weighted by Crippen LogP contribution is 2.44. The van der Waals surface area contributed by atoms with Gasteiger partial charge in [0.25, 0.3) is 5.91 Å². The summed E-state index contributed by atoms with van der Waals surface area (Å²) < 4.78 is 40.4. The number of alkyl halides is 3. The van der Waals surface area contributed by atoms with E-state index in [1.54, 1.807) is 10.9 Å². The Balaban J connectivity index is 1.40. The largest absolute Gasteiger partial charge is 0.417 e. The van der Waals surface area contributed by atoms with E-state index in [0.717, 1.165) is 54.8 Å². The van der Waals surface area contributed by atoms with Crippen LogP contribution in [-0.4, -0.2) is 38.2 Å². The lowest BCUT2D eigenvalue weighted by molar-refractivity contribution is -0.137. The molecule has 184 valence electrons. The minimum atomic E-state index is -4.39. The second-order valence-corrected chi connectivity index (χ2v) is 9.91. The molecule has 1 aliphatic heterocycles. The monoisotopic (exact) mass is 482 g/mol. The Morgan fingerprint density at radius 2 is 1.97 bits per heavy atom. The van der Waals surface area contributed by atoms with Gasteiger partial charge in [-0.1, -0.05) is 24.1 Å². The van der Waals surface area contributed by atoms with Crippen molar-refractivity contribution < 1.29 is 18.0 Å². The molecule has 1 aromatic carbocycles. The Morgan fingerprint density at radius 1 is 1.14 bits per heavy atom. The van der Waals surface area contributed by atoms with E-state index in [0.29, 0.717) is 35.9 Å². The molecule has 3 aromatic rings. The zero-order valence-electron chi connectivity index (χ0n) is 19.9. The van der Waals surface area contributed by atoms with Gasteiger partial charge in [-0.3, -0.25) is 14.5 Å². The van der Waals surface area contributed by atoms with E-state index in [9.17, 15) is 18.0 Å². The van der Waals surface area contributed by atoms with Crippen LogP contribution in [0.15, 0.2) is 48.9 Å². The van der Waals surface area contributed by atoms with Crippen LogP contribution >= 0.6 is 0 Å². The Morgan fingerprint density at radius 3 is 2.66 bits per heavy atom. The third kappa shape index (κ3) is 4.70. The van der Waals surface area contributed by atoms with Crippen LogP contribution in [0.2, 0.25) is 0 Å². The first-order valence-corrected chi connectivity index (χ1v) is 12.1. The molecule has 0 spiro atoms. The van der Waals surface area contributed by atoms with E-state index in [-0.39, 0.29) is 11.9 Å². The molecule has 0 N–H and O–H groups in total. The number of carbonyl (C=O) groups excluding carboxylic acids is 1. The van der Waals surface area contributed by atoms with Gasteiger partial charge >= 0.3 is 6.18 Å². The quantitative estimate of drug-likeness (QED) is 0.470. The van der Waals surface area contributed by atoms with Crippen molar-refractivity contribution in [1.29, 1.82) is 0 Å². The molecule has 1 saturated carbocycles. The molecule has 2 aromatic heterocycles. The van der Waals surface area contributed by atoms with E-state index in [1.807, 2.05) is 43.3 Å². The number of fused-ring (bicyclic) bond motifs is 1. The molecule has 3 atom stereocenters. The first-order valence-electron chi connectivity index (χ1n) is 12.1. The van der Waals surface area contributed by atoms with E-state index in [4.69, 9.17) is 0 Å². The third-order valence-electron chi connectivity index (χ3n) is 7.57. The molecule has 2 fully saturated rings. The molecular formula is C27H29F3N4O. The number of carbonyl (C=O) groups is 1. The molecular weight excluding hydrogens is 453 g/mol. The van der Waals surface area contributed by atoms with Crippen molar-refractivity contribution in [2.24, 2.45) is 18.9 Å². The lowest BCUT2D eigenvalue weighted by Gasteiger charge is -2.29. The summed E-state index contributed by atoms with van der Waals surface area (Å²) >= 11 is 0. The van der Waals surface area contributed by atoms with Crippen LogP contribution in [0.25, 0.3) is 11.1 Å². The SMILES string of the molecule is Cc1ccc(-c2cnn(C)c2)c(C(=O)N2CC3CCCC3C2CCc2ccc(C(F)(F)F)cn2)c1. The summed E-state index contributed by atoms with van der Waals surface area (Å²) in [7, 11) is 1.85. The average molecular weight is 483 g/mol. The number of benzene rings is 1. The molecule has 35 heavy (non-hydrogen) atoms. The summed E-state index contributed by atoms with van der Waals surface area (Å²) in [6.07, 6.45) is 4.79. The number of hydrogen-bond donors (Lipinski definition) is 0. The van der Waals surface area contributed by atoms with Gasteiger partial charge < -0.3 is 4.90 Å². The van der Waals surface area contributed by atoms with Crippen molar-refractivity contribution >= 4 is 5.91 Å². The predicted molar refractivity (Wildman–Crippen MR) is 127 cm³/mol. The maximum atomic E-state index is 14.0. The Hall–Kier alpha value is -3.16. The van der Waals surface area contributed by atoms with Gasteiger partial charge in [-0.15, -0.1) is 0 Å². The summed E-state index contributed by atoms with van der Waals surface area (Å²) in [5.74, 6) is 0.934. The molecule has 3 unspecified atom stereocenters. The maximum absolute atomic E-state index is 14.0. The fraction of sp³-hybridized carbons (Fsp3) is 0.444. The molecule has 0 radical (unpaired) electrons. The Labute approximate surface area is 203 Å². The number of likely N-dealkylation sites (tertiary alicyclic amines) is 1. The van der Waals surface area contributed by atoms with Crippen molar-refractivity contribution in [3.63, 3.8) is 0 Å². The van der Waals surface area contributed by atoms with Crippen LogP contribution in [0.4, 0.5) is 13.2 Å². The first-order chi connectivity index (χ1) is 16.7. The minimum Gasteiger partial charge on any atom is -0.335 e. The number of halogens is 3. The number of aromatic nitrogens is 3. The van der Waals surface area contributed by atoms with Crippen LogP contribution in [0.1, 0.15) is 52.9 Å². The third-order valence-corrected chi connectivity index (χ3v) is 7.57. The summed E-state index contributed by atoms with van der Waals surface area (Å²) in [4.78, 5) is 20.0. The molecule has 1 amide bonds. The van der Waals surface area contributed by atoms with Gasteiger partial charge in [-0.05, 0) is 68.2 Å². The van der Waals surface area contributed by atoms with Crippen LogP contribution in [0.5, 0.6) is 0 Å². The Kier molecular flexibility index (Phi) is 6.15. The van der Waals surface area contributed by atoms with Crippen molar-refractivity contribution in [1.82, 2.24) is 19.7 Å². The highest BCUT2D eigenvalue weighted by atomic mass is 19.4. The number of nitrogens with zero attached hydrogens (tertiary/aromatic N) is 4. The Bertz CT molecular complexity index is 1220. The van der Waals surface area contributed by atoms with Crippen LogP contribution in [0, 0.1) is 18.8 Å². The zero-order chi connectivity index (χ0) is 24.7. The van der Waals surface area contributed by atoms with Gasteiger partial charge in [0, 0.05) is 48.8 Å². The van der Waals surface area contributed by atoms with Crippen molar-refractivity contribution in [3.8, 4) is 11.1 Å². The lowest BCUT2D eigenvalue weighted by Crippen LogP contribution is -2.38. The molecule has 5 nitrogen and oxygen atoms in total. The summed E-state index contributed by atoms with van der Waals surface area (Å²) in [6.45, 7) is 2.71. The van der Waals surface area contributed by atoms with Gasteiger partial charge in [-0.25, -0.2) is 0 Å². The second-order valence-electron chi connectivity index (χ2n) is 9.91. The summed E-state index contributed by atoms with van der Waals surface area (Å²) in [5.41, 5.74) is 3.35. The fourth-order valence-corrected chi connectivity index (χ4v) is 5.86. The first kappa shape index (κ1) is 23.6. The van der Waals surface area contributed by atoms with E-state index in [2.05, 4.69) is 10.1 Å². The smallest absolute Gasteiger partial charge is 0.335 e. The minimum absolute atomic E-state index is 0.0207. The molecule has 1 saturated heterocycles. The maximum Gasteiger partial charge on any atom is 0.417 e. The standard InChI is InChI=1S/C27H29F3N4O/c1-17-6-10-22(19-13-32-33(2)15-19)24(12-17)26(35)34-16-18-4-3-5-23(18)25(34)11-9-21-8-7-20(14-31-21)27(28,29)30/h6-8,10,12-15,18,23,25H,3-5,9,11,16H2,1-2H3. The van der Waals surface area contributed by atoms with Crippen molar-refractivity contribution in [2.45, 2.75) is 51.2 Å². The number of amides is 1. The average Bonchev–Trinajstić information content (AvgIpc) is 3.53. The second kappa shape index (κ2) is 9.13. The van der Waals surface area contributed by atoms with Gasteiger partial charge in [0.1, 0.15) is 0 Å². The zero-order valence-corrected chi connectivity index (χ0v) is 19.9. The van der Waals surface area contributed by atoms with E-state index < -0.39 is 11.7 Å².